The lowest BCUT2D eigenvalue weighted by Crippen LogP contribution is -2.61. The number of aliphatic hydroxyl groups is 2. The molecule has 1 amide bonds. The van der Waals surface area contributed by atoms with Gasteiger partial charge in [0.05, 0.1) is 25.4 Å². The Balaban J connectivity index is 1.78. The summed E-state index contributed by atoms with van der Waals surface area (Å²) in [4.78, 5) is 39.4. The Kier molecular flexibility index (Phi) is 7.54. The van der Waals surface area contributed by atoms with Crippen LogP contribution < -0.4 is 10.1 Å². The van der Waals surface area contributed by atoms with E-state index in [1.54, 1.807) is 26.2 Å². The number of allylic oxidation sites excluding steroid dienone is 1. The van der Waals surface area contributed by atoms with Gasteiger partial charge >= 0.3 is 6.16 Å². The number of ketones is 1. The zero-order valence-electron chi connectivity index (χ0n) is 22.0. The van der Waals surface area contributed by atoms with E-state index in [1.165, 1.54) is 6.92 Å². The van der Waals surface area contributed by atoms with E-state index in [0.717, 1.165) is 17.9 Å². The summed E-state index contributed by atoms with van der Waals surface area (Å²) in [5, 5.41) is 24.8. The fourth-order valence-electron chi connectivity index (χ4n) is 6.01. The van der Waals surface area contributed by atoms with Crippen molar-refractivity contribution in [3.8, 4) is 5.75 Å². The van der Waals surface area contributed by atoms with Crippen molar-refractivity contribution < 1.29 is 38.8 Å². The van der Waals surface area contributed by atoms with Crippen LogP contribution in [0.15, 0.2) is 60.9 Å². The fourth-order valence-corrected chi connectivity index (χ4v) is 6.01. The molecule has 2 fully saturated rings. The van der Waals surface area contributed by atoms with Crippen LogP contribution in [0.5, 0.6) is 5.75 Å². The molecule has 38 heavy (non-hydrogen) atoms. The van der Waals surface area contributed by atoms with Crippen LogP contribution in [0.4, 0.5) is 4.79 Å². The first-order valence-corrected chi connectivity index (χ1v) is 12.7. The molecular formula is C29H35NO8. The normalized spacial score (nSPS) is 37.5. The van der Waals surface area contributed by atoms with Gasteiger partial charge in [0, 0.05) is 17.9 Å². The molecule has 3 aliphatic rings. The van der Waals surface area contributed by atoms with E-state index >= 15 is 0 Å². The minimum Gasteiger partial charge on any atom is -0.497 e. The second kappa shape index (κ2) is 10.4. The molecule has 0 unspecified atom stereocenters. The van der Waals surface area contributed by atoms with Gasteiger partial charge in [0.2, 0.25) is 5.60 Å². The van der Waals surface area contributed by atoms with E-state index in [2.05, 4.69) is 11.9 Å². The standard InChI is InChI=1S/C29H35NO8/c1-16-7-6-8-21-24(31)18(3)17(2)23-22(15-19-9-11-20(36-5)12-10-19)30-26(33)29(21,23)38-27(34)37-14-13-28(4,35)25(16)32/h6,8-14,16-17,21-24,31,35H,3,7,15H2,1-2,4-5H3,(H,30,33)/t16-,17+,21-,22-,23-,24+,28+,29+/m0/s1. The number of Topliss-reactive ketones (excluding diaryl/α,β-unsaturated/α-hetero) is 1. The van der Waals surface area contributed by atoms with Gasteiger partial charge in [-0.2, -0.15) is 0 Å². The van der Waals surface area contributed by atoms with Gasteiger partial charge in [0.1, 0.15) is 11.4 Å². The lowest BCUT2D eigenvalue weighted by Gasteiger charge is -2.48. The summed E-state index contributed by atoms with van der Waals surface area (Å²) in [7, 11) is 1.58. The van der Waals surface area contributed by atoms with Gasteiger partial charge in [-0.1, -0.05) is 44.7 Å². The van der Waals surface area contributed by atoms with Gasteiger partial charge in [-0.3, -0.25) is 9.59 Å². The minimum absolute atomic E-state index is 0.237. The number of carbonyl (C=O) groups is 3. The van der Waals surface area contributed by atoms with Gasteiger partial charge in [-0.25, -0.2) is 4.79 Å². The zero-order chi connectivity index (χ0) is 27.8. The van der Waals surface area contributed by atoms with Crippen molar-refractivity contribution in [2.24, 2.45) is 23.7 Å². The molecule has 1 aliphatic carbocycles. The maximum absolute atomic E-state index is 13.8. The molecule has 2 heterocycles. The summed E-state index contributed by atoms with van der Waals surface area (Å²) in [5.41, 5.74) is -2.20. The number of hydrogen-bond acceptors (Lipinski definition) is 8. The van der Waals surface area contributed by atoms with Crippen LogP contribution in [-0.4, -0.2) is 58.5 Å². The van der Waals surface area contributed by atoms with Crippen LogP contribution in [0, 0.1) is 23.7 Å². The Morgan fingerprint density at radius 2 is 1.87 bits per heavy atom. The van der Waals surface area contributed by atoms with E-state index in [9.17, 15) is 24.6 Å². The highest BCUT2D eigenvalue weighted by Crippen LogP contribution is 2.52. The Labute approximate surface area is 222 Å². The van der Waals surface area contributed by atoms with Crippen LogP contribution in [-0.2, 0) is 25.5 Å². The molecule has 1 saturated heterocycles. The number of carbonyl (C=O) groups excluding carboxylic acids is 3. The molecule has 1 spiro atoms. The third-order valence-electron chi connectivity index (χ3n) is 8.14. The molecule has 0 bridgehead atoms. The molecule has 0 aromatic heterocycles. The lowest BCUT2D eigenvalue weighted by molar-refractivity contribution is -0.159. The largest absolute Gasteiger partial charge is 0.514 e. The second-order valence-electron chi connectivity index (χ2n) is 10.6. The number of rotatable bonds is 3. The second-order valence-corrected chi connectivity index (χ2v) is 10.6. The van der Waals surface area contributed by atoms with E-state index in [1.807, 2.05) is 31.2 Å². The third-order valence-corrected chi connectivity index (χ3v) is 8.14. The number of benzene rings is 1. The number of aliphatic hydroxyl groups excluding tert-OH is 1. The summed E-state index contributed by atoms with van der Waals surface area (Å²) in [6.45, 7) is 8.94. The van der Waals surface area contributed by atoms with Crippen molar-refractivity contribution >= 4 is 17.8 Å². The quantitative estimate of drug-likeness (QED) is 0.406. The van der Waals surface area contributed by atoms with Crippen LogP contribution in [0.3, 0.4) is 0 Å². The maximum atomic E-state index is 13.8. The summed E-state index contributed by atoms with van der Waals surface area (Å²) in [6, 6.07) is 7.03. The van der Waals surface area contributed by atoms with Gasteiger partial charge in [-0.05, 0) is 55.0 Å². The predicted molar refractivity (Wildman–Crippen MR) is 138 cm³/mol. The van der Waals surface area contributed by atoms with E-state index in [0.29, 0.717) is 17.7 Å². The zero-order valence-corrected chi connectivity index (χ0v) is 22.0. The van der Waals surface area contributed by atoms with Crippen LogP contribution in [0.25, 0.3) is 0 Å². The summed E-state index contributed by atoms with van der Waals surface area (Å²) >= 11 is 0. The summed E-state index contributed by atoms with van der Waals surface area (Å²) in [6.07, 6.45) is 3.55. The molecule has 1 aromatic carbocycles. The van der Waals surface area contributed by atoms with Crippen molar-refractivity contribution in [3.05, 3.63) is 66.5 Å². The Morgan fingerprint density at radius 1 is 1.18 bits per heavy atom. The lowest BCUT2D eigenvalue weighted by atomic mass is 9.59. The molecule has 1 saturated carbocycles. The van der Waals surface area contributed by atoms with Crippen molar-refractivity contribution in [2.45, 2.75) is 57.0 Å². The third kappa shape index (κ3) is 4.76. The Morgan fingerprint density at radius 3 is 2.53 bits per heavy atom. The SMILES string of the molecule is C=C1[C@@H](C)[C@H]2[C@H](Cc3ccc(OC)cc3)NC(=O)[C@]23OC(=O)OC=C[C@@](C)(O)C(=O)[C@@H](C)CC=C[C@H]3[C@@H]1O. The van der Waals surface area contributed by atoms with E-state index in [4.69, 9.17) is 14.2 Å². The van der Waals surface area contributed by atoms with Gasteiger partial charge in [-0.15, -0.1) is 0 Å². The maximum Gasteiger partial charge on any atom is 0.514 e. The minimum atomic E-state index is -1.87. The molecule has 8 atom stereocenters. The Hall–Kier alpha value is -3.43. The topological polar surface area (TPSA) is 131 Å². The molecule has 4 rings (SSSR count). The molecule has 9 heteroatoms. The van der Waals surface area contributed by atoms with Crippen LogP contribution >= 0.6 is 0 Å². The van der Waals surface area contributed by atoms with Crippen LogP contribution in [0.2, 0.25) is 0 Å². The monoisotopic (exact) mass is 525 g/mol. The average molecular weight is 526 g/mol. The molecule has 0 radical (unpaired) electrons. The number of methoxy groups -OCH3 is 1. The first kappa shape index (κ1) is 27.6. The number of nitrogens with one attached hydrogen (secondary N) is 1. The van der Waals surface area contributed by atoms with Crippen molar-refractivity contribution in [1.29, 1.82) is 0 Å². The van der Waals surface area contributed by atoms with Gasteiger partial charge in [0.25, 0.3) is 5.91 Å². The average Bonchev–Trinajstić information content (AvgIpc) is 3.15. The number of cyclic esters (lactones) is 1. The molecule has 204 valence electrons. The highest BCUT2D eigenvalue weighted by molar-refractivity contribution is 5.92. The number of ether oxygens (including phenoxy) is 3. The first-order chi connectivity index (χ1) is 17.9. The predicted octanol–water partition coefficient (Wildman–Crippen LogP) is 2.86. The van der Waals surface area contributed by atoms with Crippen molar-refractivity contribution in [3.63, 3.8) is 0 Å². The first-order valence-electron chi connectivity index (χ1n) is 12.7. The van der Waals surface area contributed by atoms with E-state index in [-0.39, 0.29) is 6.42 Å². The summed E-state index contributed by atoms with van der Waals surface area (Å²) in [5.74, 6) is -2.84. The molecule has 3 N–H and O–H groups in total. The fraction of sp³-hybridized carbons (Fsp3) is 0.483. The summed E-state index contributed by atoms with van der Waals surface area (Å²) < 4.78 is 16.2. The van der Waals surface area contributed by atoms with Gasteiger partial charge in [0.15, 0.2) is 5.78 Å². The molecular weight excluding hydrogens is 490 g/mol. The highest BCUT2D eigenvalue weighted by Gasteiger charge is 2.68. The van der Waals surface area contributed by atoms with Crippen LogP contribution in [0.1, 0.15) is 32.8 Å². The van der Waals surface area contributed by atoms with Crippen molar-refractivity contribution in [1.82, 2.24) is 5.32 Å². The van der Waals surface area contributed by atoms with E-state index < -0.39 is 64.9 Å². The van der Waals surface area contributed by atoms with Gasteiger partial charge < -0.3 is 29.7 Å². The number of amides is 1. The van der Waals surface area contributed by atoms with Crippen molar-refractivity contribution in [2.75, 3.05) is 7.11 Å². The number of hydrogen-bond donors (Lipinski definition) is 3. The molecule has 1 aromatic rings. The Bertz CT molecular complexity index is 1170. The smallest absolute Gasteiger partial charge is 0.497 e. The highest BCUT2D eigenvalue weighted by atomic mass is 16.7. The molecule has 9 nitrogen and oxygen atoms in total. The molecule has 2 aliphatic heterocycles.